The summed E-state index contributed by atoms with van der Waals surface area (Å²) >= 11 is 0. The van der Waals surface area contributed by atoms with E-state index in [0.717, 1.165) is 75.8 Å². The Morgan fingerprint density at radius 2 is 1.84 bits per heavy atom. The molecule has 200 valence electrons. The van der Waals surface area contributed by atoms with Crippen LogP contribution in [0, 0.1) is 12.8 Å². The van der Waals surface area contributed by atoms with Gasteiger partial charge in [0.15, 0.2) is 0 Å². The van der Waals surface area contributed by atoms with Gasteiger partial charge in [0.05, 0.1) is 0 Å². The molecule has 3 heterocycles. The molecule has 0 radical (unpaired) electrons. The van der Waals surface area contributed by atoms with E-state index >= 15 is 0 Å². The molecule has 1 aliphatic heterocycles. The molecular weight excluding hydrogens is 479 g/mol. The van der Waals surface area contributed by atoms with Gasteiger partial charge in [-0.25, -0.2) is 9.97 Å². The Labute approximate surface area is 216 Å². The number of nitrogens with one attached hydrogen (secondary N) is 1. The summed E-state index contributed by atoms with van der Waals surface area (Å²) in [7, 11) is 0. The van der Waals surface area contributed by atoms with Crippen LogP contribution >= 0.6 is 0 Å². The first-order valence-electron chi connectivity index (χ1n) is 13.3. The molecule has 0 aromatic carbocycles. The first-order chi connectivity index (χ1) is 17.7. The highest BCUT2D eigenvalue weighted by Gasteiger charge is 2.27. The molecule has 4 rings (SSSR count). The third kappa shape index (κ3) is 8.91. The summed E-state index contributed by atoms with van der Waals surface area (Å²) in [5.41, 5.74) is 3.47. The second-order valence-electron chi connectivity index (χ2n) is 10.3. The summed E-state index contributed by atoms with van der Waals surface area (Å²) in [6.45, 7) is 4.70. The molecule has 1 aliphatic carbocycles. The van der Waals surface area contributed by atoms with Crippen LogP contribution < -0.4 is 5.32 Å². The molecule has 37 heavy (non-hydrogen) atoms. The van der Waals surface area contributed by atoms with Gasteiger partial charge in [0.1, 0.15) is 5.82 Å². The van der Waals surface area contributed by atoms with E-state index in [4.69, 9.17) is 0 Å². The van der Waals surface area contributed by atoms with Gasteiger partial charge >= 0.3 is 6.18 Å². The van der Waals surface area contributed by atoms with Gasteiger partial charge in [0.2, 0.25) is 5.91 Å². The van der Waals surface area contributed by atoms with Crippen LogP contribution in [-0.4, -0.2) is 57.6 Å². The Kier molecular flexibility index (Phi) is 9.29. The predicted molar refractivity (Wildman–Crippen MR) is 137 cm³/mol. The zero-order chi connectivity index (χ0) is 26.3. The van der Waals surface area contributed by atoms with Gasteiger partial charge in [-0.15, -0.1) is 0 Å². The fraction of sp³-hybridized carbons (Fsp3) is 0.571. The van der Waals surface area contributed by atoms with Gasteiger partial charge in [-0.2, -0.15) is 13.2 Å². The summed E-state index contributed by atoms with van der Waals surface area (Å²) in [6.07, 6.45) is 8.68. The number of carbonyl (C=O) groups is 1. The van der Waals surface area contributed by atoms with Crippen molar-refractivity contribution in [2.45, 2.75) is 76.9 Å². The van der Waals surface area contributed by atoms with Crippen molar-refractivity contribution in [1.82, 2.24) is 25.2 Å². The second-order valence-corrected chi connectivity index (χ2v) is 10.3. The lowest BCUT2D eigenvalue weighted by molar-refractivity contribution is -0.134. The minimum atomic E-state index is -4.15. The number of carbonyl (C=O) groups excluding carboxylic acids is 1. The number of hydrogen-bond acceptors (Lipinski definition) is 5. The maximum Gasteiger partial charge on any atom is 0.389 e. The Morgan fingerprint density at radius 3 is 2.57 bits per heavy atom. The first kappa shape index (κ1) is 27.2. The number of fused-ring (bicyclic) bond motifs is 1. The van der Waals surface area contributed by atoms with Gasteiger partial charge < -0.3 is 10.2 Å². The molecule has 9 heteroatoms. The molecular formula is C28H36F3N5O. The van der Waals surface area contributed by atoms with Crippen LogP contribution in [0.25, 0.3) is 6.08 Å². The SMILES string of the molecule is Cc1ncc(/C=C/C(=O)N[C@H]2CC[C@H](CCN3CCc4ccc(CCC(F)(F)F)nc4CC3)CC2)cn1. The summed E-state index contributed by atoms with van der Waals surface area (Å²) < 4.78 is 37.7. The molecule has 6 nitrogen and oxygen atoms in total. The fourth-order valence-electron chi connectivity index (χ4n) is 5.18. The zero-order valence-electron chi connectivity index (χ0n) is 21.4. The number of rotatable bonds is 8. The standard InChI is InChI=1S/C28H36F3N5O/c1-20-32-18-22(19-33-20)4-9-27(37)35-24-6-2-21(3-7-24)11-15-36-16-12-23-5-8-25(10-14-28(29,30)31)34-26(23)13-17-36/h4-5,8-9,18-19,21,24H,2-3,6-7,10-17H2,1H3,(H,35,37)/b9-4+/t21-,24-. The van der Waals surface area contributed by atoms with Crippen molar-refractivity contribution in [1.29, 1.82) is 0 Å². The van der Waals surface area contributed by atoms with Crippen molar-refractivity contribution >= 4 is 12.0 Å². The van der Waals surface area contributed by atoms with Crippen molar-refractivity contribution in [2.24, 2.45) is 5.92 Å². The molecule has 1 fully saturated rings. The highest BCUT2D eigenvalue weighted by Crippen LogP contribution is 2.28. The van der Waals surface area contributed by atoms with Crippen molar-refractivity contribution in [3.8, 4) is 0 Å². The summed E-state index contributed by atoms with van der Waals surface area (Å²) in [6, 6.07) is 3.94. The number of alkyl halides is 3. The van der Waals surface area contributed by atoms with Gasteiger partial charge in [-0.1, -0.05) is 6.07 Å². The monoisotopic (exact) mass is 515 g/mol. The van der Waals surface area contributed by atoms with E-state index in [2.05, 4.69) is 25.2 Å². The van der Waals surface area contributed by atoms with Crippen LogP contribution in [0.4, 0.5) is 13.2 Å². The molecule has 0 spiro atoms. The molecule has 2 aliphatic rings. The molecule has 1 saturated carbocycles. The Morgan fingerprint density at radius 1 is 1.11 bits per heavy atom. The number of aryl methyl sites for hydroxylation is 2. The minimum Gasteiger partial charge on any atom is -0.350 e. The minimum absolute atomic E-state index is 0.0540. The largest absolute Gasteiger partial charge is 0.389 e. The third-order valence-corrected chi connectivity index (χ3v) is 7.43. The van der Waals surface area contributed by atoms with Crippen LogP contribution in [0.1, 0.15) is 66.9 Å². The van der Waals surface area contributed by atoms with E-state index in [-0.39, 0.29) is 18.4 Å². The number of aromatic nitrogens is 3. The lowest BCUT2D eigenvalue weighted by atomic mass is 9.84. The van der Waals surface area contributed by atoms with E-state index < -0.39 is 12.6 Å². The molecule has 1 N–H and O–H groups in total. The Balaban J connectivity index is 1.15. The lowest BCUT2D eigenvalue weighted by Crippen LogP contribution is -2.37. The van der Waals surface area contributed by atoms with Crippen LogP contribution in [-0.2, 0) is 24.1 Å². The van der Waals surface area contributed by atoms with Crippen LogP contribution in [0.2, 0.25) is 0 Å². The van der Waals surface area contributed by atoms with Crippen molar-refractivity contribution in [2.75, 3.05) is 19.6 Å². The van der Waals surface area contributed by atoms with Gasteiger partial charge in [-0.05, 0) is 82.0 Å². The van der Waals surface area contributed by atoms with Gasteiger partial charge in [0.25, 0.3) is 0 Å². The van der Waals surface area contributed by atoms with Crippen molar-refractivity contribution < 1.29 is 18.0 Å². The summed E-state index contributed by atoms with van der Waals surface area (Å²) in [5, 5.41) is 3.12. The predicted octanol–water partition coefficient (Wildman–Crippen LogP) is 4.85. The maximum absolute atomic E-state index is 12.6. The number of pyridine rings is 1. The van der Waals surface area contributed by atoms with E-state index in [1.54, 1.807) is 30.6 Å². The molecule has 1 amide bonds. The molecule has 0 saturated heterocycles. The lowest BCUT2D eigenvalue weighted by Gasteiger charge is -2.30. The van der Waals surface area contributed by atoms with E-state index in [1.165, 1.54) is 5.56 Å². The Bertz CT molecular complexity index is 1060. The summed E-state index contributed by atoms with van der Waals surface area (Å²) in [4.78, 5) is 27.6. The molecule has 2 aromatic heterocycles. The number of amides is 1. The average Bonchev–Trinajstić information content (AvgIpc) is 3.08. The van der Waals surface area contributed by atoms with Crippen LogP contribution in [0.15, 0.2) is 30.6 Å². The number of hydrogen-bond donors (Lipinski definition) is 1. The first-order valence-corrected chi connectivity index (χ1v) is 13.3. The van der Waals surface area contributed by atoms with Crippen LogP contribution in [0.5, 0.6) is 0 Å². The zero-order valence-corrected chi connectivity index (χ0v) is 21.4. The van der Waals surface area contributed by atoms with Crippen LogP contribution in [0.3, 0.4) is 0 Å². The normalized spacial score (nSPS) is 21.0. The topological polar surface area (TPSA) is 71.0 Å². The van der Waals surface area contributed by atoms with Gasteiger partial charge in [-0.3, -0.25) is 9.78 Å². The van der Waals surface area contributed by atoms with E-state index in [9.17, 15) is 18.0 Å². The van der Waals surface area contributed by atoms with Crippen molar-refractivity contribution in [3.05, 3.63) is 58.9 Å². The number of halogens is 3. The average molecular weight is 516 g/mol. The van der Waals surface area contributed by atoms with E-state index in [0.29, 0.717) is 17.4 Å². The molecule has 0 unspecified atom stereocenters. The maximum atomic E-state index is 12.6. The molecule has 0 atom stereocenters. The molecule has 0 bridgehead atoms. The highest BCUT2D eigenvalue weighted by atomic mass is 19.4. The molecule has 2 aromatic rings. The van der Waals surface area contributed by atoms with Crippen molar-refractivity contribution in [3.63, 3.8) is 0 Å². The van der Waals surface area contributed by atoms with Gasteiger partial charge in [0, 0.05) is 67.4 Å². The second kappa shape index (κ2) is 12.6. The smallest absolute Gasteiger partial charge is 0.350 e. The highest BCUT2D eigenvalue weighted by molar-refractivity contribution is 5.91. The summed E-state index contributed by atoms with van der Waals surface area (Å²) in [5.74, 6) is 1.28. The number of nitrogens with zero attached hydrogens (tertiary/aromatic N) is 4. The third-order valence-electron chi connectivity index (χ3n) is 7.43. The Hall–Kier alpha value is -2.81. The fourth-order valence-corrected chi connectivity index (χ4v) is 5.18. The quantitative estimate of drug-likeness (QED) is 0.509. The van der Waals surface area contributed by atoms with E-state index in [1.807, 2.05) is 13.0 Å².